The van der Waals surface area contributed by atoms with Crippen LogP contribution in [0.25, 0.3) is 11.1 Å². The minimum atomic E-state index is -1.03. The molecule has 2 aromatic rings. The molecule has 2 atom stereocenters. The predicted octanol–water partition coefficient (Wildman–Crippen LogP) is 1.07. The normalized spacial score (nSPS) is 16.2. The fourth-order valence-electron chi connectivity index (χ4n) is 3.14. The fourth-order valence-corrected chi connectivity index (χ4v) is 3.14. The number of amides is 1. The van der Waals surface area contributed by atoms with Crippen LogP contribution in [0, 0.1) is 6.42 Å². The number of carbonyl (C=O) groups is 2. The van der Waals surface area contributed by atoms with Crippen LogP contribution in [0.2, 0.25) is 0 Å². The summed E-state index contributed by atoms with van der Waals surface area (Å²) in [6.07, 6.45) is 2.82. The zero-order valence-electron chi connectivity index (χ0n) is 14.7. The molecular weight excluding hydrogens is 330 g/mol. The van der Waals surface area contributed by atoms with Gasteiger partial charge in [-0.05, 0) is 6.42 Å². The summed E-state index contributed by atoms with van der Waals surface area (Å²) in [4.78, 5) is 23.2. The van der Waals surface area contributed by atoms with Crippen molar-refractivity contribution in [2.24, 2.45) is 0 Å². The van der Waals surface area contributed by atoms with Gasteiger partial charge < -0.3 is 21.5 Å². The number of anilines is 1. The molecule has 6 nitrogen and oxygen atoms in total. The third kappa shape index (κ3) is 3.50. The average Bonchev–Trinajstić information content (AvgIpc) is 3.10. The van der Waals surface area contributed by atoms with Gasteiger partial charge in [-0.3, -0.25) is 4.79 Å². The second-order valence-corrected chi connectivity index (χ2v) is 6.35. The topological polar surface area (TPSA) is 106 Å². The van der Waals surface area contributed by atoms with Gasteiger partial charge in [-0.15, -0.1) is 11.6 Å². The van der Waals surface area contributed by atoms with Gasteiger partial charge in [0.15, 0.2) is 6.04 Å². The number of rotatable bonds is 6. The van der Waals surface area contributed by atoms with E-state index >= 15 is 0 Å². The number of benzene rings is 2. The van der Waals surface area contributed by atoms with Crippen LogP contribution in [-0.2, 0) is 16.0 Å². The molecule has 0 saturated carbocycles. The Bertz CT molecular complexity index is 835. The van der Waals surface area contributed by atoms with Crippen LogP contribution in [0.3, 0.4) is 0 Å². The van der Waals surface area contributed by atoms with Crippen LogP contribution in [-0.4, -0.2) is 35.6 Å². The fraction of sp³-hybridized carbons (Fsp3) is 0.250. The zero-order chi connectivity index (χ0) is 18.7. The van der Waals surface area contributed by atoms with E-state index in [2.05, 4.69) is 41.5 Å². The van der Waals surface area contributed by atoms with Crippen molar-refractivity contribution in [1.82, 2.24) is 5.32 Å². The minimum absolute atomic E-state index is 0.00204. The second kappa shape index (κ2) is 7.49. The summed E-state index contributed by atoms with van der Waals surface area (Å²) in [5, 5.41) is 14.7. The van der Waals surface area contributed by atoms with Crippen LogP contribution in [0.4, 0.5) is 5.69 Å². The molecule has 0 radical (unpaired) electrons. The molecule has 0 aliphatic carbocycles. The van der Waals surface area contributed by atoms with E-state index in [1.54, 1.807) is 0 Å². The van der Waals surface area contributed by atoms with Crippen molar-refractivity contribution >= 4 is 17.6 Å². The maximum Gasteiger partial charge on any atom is 0.364 e. The highest BCUT2D eigenvalue weighted by Crippen LogP contribution is 2.37. The Labute approximate surface area is 152 Å². The maximum absolute atomic E-state index is 12.4. The maximum atomic E-state index is 12.4. The third-order valence-corrected chi connectivity index (χ3v) is 4.59. The molecule has 0 saturated heterocycles. The first-order valence-electron chi connectivity index (χ1n) is 8.67. The molecule has 26 heavy (non-hydrogen) atoms. The average molecular weight is 353 g/mol. The van der Waals surface area contributed by atoms with Crippen molar-refractivity contribution in [3.63, 3.8) is 0 Å². The number of carbonyl (C=O) groups excluding carboxylic acids is 1. The number of quaternary nitrogens is 1. The lowest BCUT2D eigenvalue weighted by atomic mass is 9.92. The zero-order valence-corrected chi connectivity index (χ0v) is 14.7. The smallest absolute Gasteiger partial charge is 0.364 e. The molecule has 0 bridgehead atoms. The molecule has 6 heteroatoms. The molecule has 2 aromatic carbocycles. The molecule has 6 N–H and O–H groups in total. The van der Waals surface area contributed by atoms with Gasteiger partial charge in [0.05, 0.1) is 12.6 Å². The molecule has 136 valence electrons. The van der Waals surface area contributed by atoms with Crippen molar-refractivity contribution in [2.45, 2.75) is 25.4 Å². The van der Waals surface area contributed by atoms with Gasteiger partial charge in [0, 0.05) is 0 Å². The third-order valence-electron chi connectivity index (χ3n) is 4.59. The monoisotopic (exact) mass is 353 g/mol. The Hall–Kier alpha value is -2.99. The quantitative estimate of drug-likeness (QED) is 0.583. The molecule has 1 unspecified atom stereocenters. The van der Waals surface area contributed by atoms with Gasteiger partial charge in [0.1, 0.15) is 0 Å². The molecule has 1 aliphatic heterocycles. The number of hydrogen-bond donors (Lipinski definition) is 4. The molecule has 1 heterocycles. The molecule has 0 spiro atoms. The summed E-state index contributed by atoms with van der Waals surface area (Å²) < 4.78 is 0. The van der Waals surface area contributed by atoms with Gasteiger partial charge in [0.2, 0.25) is 5.91 Å². The van der Waals surface area contributed by atoms with E-state index in [1.165, 1.54) is 5.56 Å². The summed E-state index contributed by atoms with van der Waals surface area (Å²) in [6.45, 7) is 2.12. The predicted molar refractivity (Wildman–Crippen MR) is 99.4 cm³/mol. The van der Waals surface area contributed by atoms with Crippen molar-refractivity contribution in [1.29, 1.82) is 0 Å². The molecular formula is C20H23N3O3. The second-order valence-electron chi connectivity index (χ2n) is 6.35. The molecule has 0 aromatic heterocycles. The Morgan fingerprint density at radius 2 is 1.96 bits per heavy atom. The van der Waals surface area contributed by atoms with E-state index in [9.17, 15) is 9.59 Å². The summed E-state index contributed by atoms with van der Waals surface area (Å²) in [7, 11) is 0. The number of fused-ring (bicyclic) bond motifs is 1. The highest BCUT2D eigenvalue weighted by molar-refractivity contribution is 5.93. The number of carboxylic acid groups (broad SMARTS) is 1. The van der Waals surface area contributed by atoms with Crippen LogP contribution in [0.5, 0.6) is 0 Å². The van der Waals surface area contributed by atoms with Gasteiger partial charge >= 0.3 is 5.97 Å². The van der Waals surface area contributed by atoms with Gasteiger partial charge in [0.25, 0.3) is 0 Å². The van der Waals surface area contributed by atoms with E-state index in [4.69, 9.17) is 5.11 Å². The van der Waals surface area contributed by atoms with Gasteiger partial charge in [-0.2, -0.15) is 12.0 Å². The van der Waals surface area contributed by atoms with Crippen LogP contribution >= 0.6 is 0 Å². The number of carboxylic acids is 1. The summed E-state index contributed by atoms with van der Waals surface area (Å²) in [5.74, 6) is -1.29. The van der Waals surface area contributed by atoms with Crippen molar-refractivity contribution in [3.05, 3.63) is 60.0 Å². The lowest BCUT2D eigenvalue weighted by Crippen LogP contribution is -2.69. The van der Waals surface area contributed by atoms with E-state index in [0.29, 0.717) is 0 Å². The van der Waals surface area contributed by atoms with E-state index in [-0.39, 0.29) is 12.5 Å². The first kappa shape index (κ1) is 17.8. The van der Waals surface area contributed by atoms with Gasteiger partial charge in [-0.1, -0.05) is 60.1 Å². The Kier molecular flexibility index (Phi) is 5.14. The minimum Gasteiger partial charge on any atom is -0.477 e. The van der Waals surface area contributed by atoms with Gasteiger partial charge in [-0.25, -0.2) is 4.79 Å². The number of aryl methyl sites for hydroxylation is 1. The van der Waals surface area contributed by atoms with Crippen molar-refractivity contribution < 1.29 is 20.4 Å². The Morgan fingerprint density at radius 3 is 2.69 bits per heavy atom. The highest BCUT2D eigenvalue weighted by Gasteiger charge is 2.24. The van der Waals surface area contributed by atoms with E-state index < -0.39 is 18.1 Å². The lowest BCUT2D eigenvalue weighted by Gasteiger charge is -2.19. The Balaban J connectivity index is 1.79. The summed E-state index contributed by atoms with van der Waals surface area (Å²) >= 11 is 0. The number of nitrogens with one attached hydrogen (secondary N) is 2. The number of hydrogen-bond acceptors (Lipinski definition) is 3. The lowest BCUT2D eigenvalue weighted by molar-refractivity contribution is -0.405. The van der Waals surface area contributed by atoms with Crippen LogP contribution < -0.4 is 16.4 Å². The molecule has 3 rings (SSSR count). The highest BCUT2D eigenvalue weighted by atomic mass is 16.4. The Morgan fingerprint density at radius 1 is 1.23 bits per heavy atom. The standard InChI is InChI=1S/C20H22N3O3/c1-2-12-6-3-4-7-13(12)14-8-5-9-17-15(14)10-18(23-17)19(24)22-11-16(21)20(25)26/h3-10,16,18,23H,2,11,21H2,1H3,(H,22,24)(H,25,26)/q-1/p+1/t16-,18?/m1/s1. The number of aliphatic carboxylic acids is 1. The molecule has 1 aliphatic rings. The SMILES string of the molecule is CCc1ccccc1-c1cccc2c1[CH-]C(C(=O)NC[C@@H]([NH3+])C(=O)O)N2. The van der Waals surface area contributed by atoms with E-state index in [1.807, 2.05) is 30.7 Å². The van der Waals surface area contributed by atoms with Crippen molar-refractivity contribution in [3.8, 4) is 11.1 Å². The summed E-state index contributed by atoms with van der Waals surface area (Å²) in [6, 6.07) is 12.8. The summed E-state index contributed by atoms with van der Waals surface area (Å²) in [5.41, 5.74) is 8.90. The van der Waals surface area contributed by atoms with E-state index in [0.717, 1.165) is 28.8 Å². The first-order valence-corrected chi connectivity index (χ1v) is 8.67. The first-order chi connectivity index (χ1) is 12.5. The molecule has 1 amide bonds. The van der Waals surface area contributed by atoms with Crippen LogP contribution in [0.1, 0.15) is 18.1 Å². The largest absolute Gasteiger partial charge is 0.477 e. The molecule has 0 fully saturated rings. The van der Waals surface area contributed by atoms with Crippen molar-refractivity contribution in [2.75, 3.05) is 11.9 Å². The van der Waals surface area contributed by atoms with Crippen LogP contribution in [0.15, 0.2) is 42.5 Å².